The first kappa shape index (κ1) is 39.5. The van der Waals surface area contributed by atoms with Crippen LogP contribution in [0.3, 0.4) is 0 Å². The van der Waals surface area contributed by atoms with Crippen LogP contribution in [0.2, 0.25) is 0 Å². The van der Waals surface area contributed by atoms with E-state index in [1.165, 1.54) is 0 Å². The predicted molar refractivity (Wildman–Crippen MR) is 230 cm³/mol. The zero-order valence-electron chi connectivity index (χ0n) is 34.8. The third-order valence-electron chi connectivity index (χ3n) is 16.0. The van der Waals surface area contributed by atoms with Crippen molar-refractivity contribution in [2.24, 2.45) is 33.5 Å². The topological polar surface area (TPSA) is 96.3 Å². The largest absolute Gasteiger partial charge is 0.493 e. The Balaban J connectivity index is 1.08. The molecule has 0 saturated heterocycles. The molecule has 7 heteroatoms. The van der Waals surface area contributed by atoms with E-state index in [1.54, 1.807) is 14.2 Å². The number of ether oxygens (including phenoxy) is 2. The van der Waals surface area contributed by atoms with Crippen LogP contribution in [0, 0.1) is 33.5 Å². The van der Waals surface area contributed by atoms with E-state index in [1.807, 2.05) is 95.9 Å². The van der Waals surface area contributed by atoms with E-state index >= 15 is 4.79 Å². The number of allylic oxidation sites excluding steroid dienone is 4. The lowest BCUT2D eigenvalue weighted by Gasteiger charge is -2.71. The van der Waals surface area contributed by atoms with Crippen LogP contribution in [-0.2, 0) is 17.8 Å². The lowest BCUT2D eigenvalue weighted by molar-refractivity contribution is -0.178. The second-order valence-electron chi connectivity index (χ2n) is 18.7. The van der Waals surface area contributed by atoms with E-state index in [0.717, 1.165) is 59.9 Å². The van der Waals surface area contributed by atoms with Gasteiger partial charge in [-0.05, 0) is 96.6 Å². The standard InChI is InChI=1S/C52H57NO6/c1-48-24-21-40(54)31-50(48)27-28-52(41(32-50)47(56)39-18-16-38(17-19-39)37-13-9-6-10-14-37)44(48)22-25-49(2)45(52)23-26-51(49,57)34-53(33-35-11-7-5-8-12-35)46(55)30-36-15-20-42(58-3)43(29-36)59-4/h5-20,27-29,32,40,44-45,54,57H,21-26,30-31,33-34H2,1-4H3/t40?,44-,45-,48-,49+,50+,51-,52-/m1/s1. The molecule has 306 valence electrons. The molecule has 3 saturated carbocycles. The summed E-state index contributed by atoms with van der Waals surface area (Å²) in [6.07, 6.45) is 11.9. The second kappa shape index (κ2) is 14.6. The predicted octanol–water partition coefficient (Wildman–Crippen LogP) is 9.42. The van der Waals surface area contributed by atoms with Crippen molar-refractivity contribution in [3.8, 4) is 22.6 Å². The van der Waals surface area contributed by atoms with Gasteiger partial charge in [0.25, 0.3) is 0 Å². The van der Waals surface area contributed by atoms with E-state index in [9.17, 15) is 15.0 Å². The average molecular weight is 792 g/mol. The molecule has 6 aliphatic carbocycles. The van der Waals surface area contributed by atoms with E-state index in [-0.39, 0.29) is 41.9 Å². The Bertz CT molecular complexity index is 2300. The Morgan fingerprint density at radius 1 is 0.729 bits per heavy atom. The Morgan fingerprint density at radius 2 is 1.37 bits per heavy atom. The van der Waals surface area contributed by atoms with Crippen molar-refractivity contribution in [3.63, 3.8) is 0 Å². The van der Waals surface area contributed by atoms with Crippen LogP contribution in [0.15, 0.2) is 127 Å². The van der Waals surface area contributed by atoms with Crippen LogP contribution < -0.4 is 9.47 Å². The number of Topliss-reactive ketones (excluding diaryl/α,β-unsaturated/α-hetero) is 1. The van der Waals surface area contributed by atoms with E-state index < -0.39 is 27.9 Å². The Labute approximate surface area is 348 Å². The van der Waals surface area contributed by atoms with Gasteiger partial charge >= 0.3 is 0 Å². The smallest absolute Gasteiger partial charge is 0.227 e. The number of nitrogens with zero attached hydrogens (tertiary/aromatic N) is 1. The highest BCUT2D eigenvalue weighted by Crippen LogP contribution is 2.78. The molecular formula is C52H57NO6. The summed E-state index contributed by atoms with van der Waals surface area (Å²) in [5.74, 6) is 1.28. The SMILES string of the molecule is COc1ccc(CC(=O)N(Cc2ccccc2)C[C@]2(O)CC[C@H]3[C@]45C=C[C@@]6(C=C4C(=O)c4ccc(-c7ccccc7)cc4)CC(O)CC[C@]6(C)[C@H]5CC[C@@]32C)cc1OC. The highest BCUT2D eigenvalue weighted by Gasteiger charge is 2.74. The van der Waals surface area contributed by atoms with Crippen LogP contribution in [-0.4, -0.2) is 59.3 Å². The fourth-order valence-electron chi connectivity index (χ4n) is 12.8. The maximum Gasteiger partial charge on any atom is 0.227 e. The van der Waals surface area contributed by atoms with Crippen LogP contribution >= 0.6 is 0 Å². The monoisotopic (exact) mass is 791 g/mol. The molecule has 10 rings (SSSR count). The summed E-state index contributed by atoms with van der Waals surface area (Å²) in [4.78, 5) is 31.6. The van der Waals surface area contributed by atoms with Gasteiger partial charge in [0.05, 0.1) is 38.9 Å². The number of carbonyl (C=O) groups excluding carboxylic acids is 2. The number of hydrogen-bond donors (Lipinski definition) is 2. The van der Waals surface area contributed by atoms with Gasteiger partial charge in [-0.3, -0.25) is 9.59 Å². The molecule has 0 aliphatic heterocycles. The van der Waals surface area contributed by atoms with Gasteiger partial charge < -0.3 is 24.6 Å². The van der Waals surface area contributed by atoms with Crippen LogP contribution in [0.5, 0.6) is 11.5 Å². The third kappa shape index (κ3) is 6.13. The lowest BCUT2D eigenvalue weighted by atomic mass is 9.32. The average Bonchev–Trinajstić information content (AvgIpc) is 3.53. The molecule has 3 fully saturated rings. The Kier molecular flexibility index (Phi) is 9.79. The second-order valence-corrected chi connectivity index (χ2v) is 18.7. The van der Waals surface area contributed by atoms with E-state index in [2.05, 4.69) is 44.2 Å². The van der Waals surface area contributed by atoms with Crippen LogP contribution in [0.1, 0.15) is 80.3 Å². The zero-order chi connectivity index (χ0) is 41.2. The van der Waals surface area contributed by atoms with Crippen molar-refractivity contribution in [2.45, 2.75) is 83.5 Å². The number of fused-ring (bicyclic) bond motifs is 1. The fraction of sp³-hybridized carbons (Fsp3) is 0.423. The molecule has 4 aromatic carbocycles. The summed E-state index contributed by atoms with van der Waals surface area (Å²) in [6, 6.07) is 33.8. The third-order valence-corrected chi connectivity index (χ3v) is 16.0. The molecule has 0 heterocycles. The van der Waals surface area contributed by atoms with Crippen molar-refractivity contribution in [3.05, 3.63) is 144 Å². The van der Waals surface area contributed by atoms with Crippen molar-refractivity contribution in [2.75, 3.05) is 20.8 Å². The number of benzene rings is 4. The molecular weight excluding hydrogens is 735 g/mol. The van der Waals surface area contributed by atoms with Crippen LogP contribution in [0.4, 0.5) is 0 Å². The van der Waals surface area contributed by atoms with Gasteiger partial charge in [0.1, 0.15) is 0 Å². The molecule has 1 amide bonds. The molecule has 4 aromatic rings. The first-order chi connectivity index (χ1) is 28.4. The zero-order valence-corrected chi connectivity index (χ0v) is 34.8. The molecule has 2 bridgehead atoms. The Morgan fingerprint density at radius 3 is 2.08 bits per heavy atom. The quantitative estimate of drug-likeness (QED) is 0.116. The minimum Gasteiger partial charge on any atom is -0.493 e. The summed E-state index contributed by atoms with van der Waals surface area (Å²) >= 11 is 0. The lowest BCUT2D eigenvalue weighted by Crippen LogP contribution is -2.67. The number of rotatable bonds is 11. The summed E-state index contributed by atoms with van der Waals surface area (Å²) in [6.45, 7) is 5.21. The molecule has 7 nitrogen and oxygen atoms in total. The minimum absolute atomic E-state index is 0.0321. The van der Waals surface area contributed by atoms with Gasteiger partial charge in [-0.15, -0.1) is 0 Å². The number of carbonyl (C=O) groups is 2. The fourth-order valence-corrected chi connectivity index (χ4v) is 12.8. The summed E-state index contributed by atoms with van der Waals surface area (Å²) in [7, 11) is 3.19. The summed E-state index contributed by atoms with van der Waals surface area (Å²) < 4.78 is 11.0. The van der Waals surface area contributed by atoms with E-state index in [4.69, 9.17) is 9.47 Å². The summed E-state index contributed by atoms with van der Waals surface area (Å²) in [5.41, 5.74) is 2.51. The highest BCUT2D eigenvalue weighted by atomic mass is 16.5. The molecule has 0 radical (unpaired) electrons. The minimum atomic E-state index is -1.20. The molecule has 6 aliphatic rings. The van der Waals surface area contributed by atoms with Crippen molar-refractivity contribution >= 4 is 11.7 Å². The van der Waals surface area contributed by atoms with Crippen LogP contribution in [0.25, 0.3) is 11.1 Å². The number of ketones is 1. The van der Waals surface area contributed by atoms with Gasteiger partial charge in [-0.1, -0.05) is 123 Å². The van der Waals surface area contributed by atoms with Gasteiger partial charge in [0.2, 0.25) is 5.91 Å². The number of aliphatic hydroxyl groups excluding tert-OH is 1. The van der Waals surface area contributed by atoms with E-state index in [0.29, 0.717) is 36.4 Å². The molecule has 2 N–H and O–H groups in total. The van der Waals surface area contributed by atoms with Crippen molar-refractivity contribution in [1.29, 1.82) is 0 Å². The molecule has 2 spiro atoms. The van der Waals surface area contributed by atoms with Gasteiger partial charge in [-0.25, -0.2) is 0 Å². The highest BCUT2D eigenvalue weighted by molar-refractivity contribution is 6.10. The number of aliphatic hydroxyl groups is 2. The Hall–Kier alpha value is -4.98. The van der Waals surface area contributed by atoms with Crippen molar-refractivity contribution in [1.82, 2.24) is 4.90 Å². The maximum atomic E-state index is 15.2. The first-order valence-electron chi connectivity index (χ1n) is 21.5. The number of hydrogen-bond acceptors (Lipinski definition) is 6. The summed E-state index contributed by atoms with van der Waals surface area (Å²) in [5, 5.41) is 24.5. The van der Waals surface area contributed by atoms with Gasteiger partial charge in [0.15, 0.2) is 17.3 Å². The molecule has 1 unspecified atom stereocenters. The van der Waals surface area contributed by atoms with Gasteiger partial charge in [0, 0.05) is 33.9 Å². The molecule has 0 aromatic heterocycles. The molecule has 8 atom stereocenters. The number of methoxy groups -OCH3 is 2. The number of amides is 1. The van der Waals surface area contributed by atoms with Gasteiger partial charge in [-0.2, -0.15) is 0 Å². The molecule has 59 heavy (non-hydrogen) atoms. The normalized spacial score (nSPS) is 32.6. The van der Waals surface area contributed by atoms with Crippen molar-refractivity contribution < 1.29 is 29.3 Å². The maximum absolute atomic E-state index is 15.2. The first-order valence-corrected chi connectivity index (χ1v) is 21.5.